The highest BCUT2D eigenvalue weighted by atomic mass is 16.5. The molecule has 0 saturated carbocycles. The lowest BCUT2D eigenvalue weighted by Crippen LogP contribution is -2.37. The number of likely N-dealkylation sites (N-methyl/N-ethyl adjacent to an activating group) is 1. The second kappa shape index (κ2) is 10.2. The average molecular weight is 419 g/mol. The third kappa shape index (κ3) is 6.05. The highest BCUT2D eigenvalue weighted by Crippen LogP contribution is 2.16. The molecular weight excluding hydrogens is 394 g/mol. The van der Waals surface area contributed by atoms with Crippen LogP contribution in [0, 0.1) is 0 Å². The Balaban J connectivity index is 1.43. The van der Waals surface area contributed by atoms with Gasteiger partial charge in [0.15, 0.2) is 0 Å². The van der Waals surface area contributed by atoms with Gasteiger partial charge in [-0.05, 0) is 47.2 Å². The number of anilines is 1. The molecule has 0 unspecified atom stereocenters. The van der Waals surface area contributed by atoms with Gasteiger partial charge in [0.2, 0.25) is 11.8 Å². The monoisotopic (exact) mass is 419 g/mol. The first-order valence-corrected chi connectivity index (χ1v) is 9.91. The van der Waals surface area contributed by atoms with E-state index in [2.05, 4.69) is 10.6 Å². The Morgan fingerprint density at radius 2 is 1.65 bits per heavy atom. The predicted molar refractivity (Wildman–Crippen MR) is 120 cm³/mol. The van der Waals surface area contributed by atoms with Crippen LogP contribution in [0.3, 0.4) is 0 Å². The van der Waals surface area contributed by atoms with Gasteiger partial charge >= 0.3 is 0 Å². The molecule has 0 saturated heterocycles. The van der Waals surface area contributed by atoms with E-state index in [0.717, 1.165) is 10.8 Å². The summed E-state index contributed by atoms with van der Waals surface area (Å²) in [6.45, 7) is 0.110. The summed E-state index contributed by atoms with van der Waals surface area (Å²) in [5.41, 5.74) is 1.16. The van der Waals surface area contributed by atoms with Crippen molar-refractivity contribution in [1.29, 1.82) is 0 Å². The summed E-state index contributed by atoms with van der Waals surface area (Å²) < 4.78 is 5.08. The SMILES string of the molecule is COc1ccc(NC(=O)CN(C)C(=O)CCNC(=O)c2ccc3ccccc3c2)cc1. The van der Waals surface area contributed by atoms with Gasteiger partial charge in [-0.3, -0.25) is 14.4 Å². The average Bonchev–Trinajstić information content (AvgIpc) is 2.78. The Bertz CT molecular complexity index is 1080. The van der Waals surface area contributed by atoms with Crippen LogP contribution in [0.4, 0.5) is 5.69 Å². The van der Waals surface area contributed by atoms with Crippen molar-refractivity contribution in [2.24, 2.45) is 0 Å². The molecule has 0 aromatic heterocycles. The molecule has 0 heterocycles. The van der Waals surface area contributed by atoms with Crippen LogP contribution in [-0.4, -0.2) is 49.9 Å². The Hall–Kier alpha value is -3.87. The van der Waals surface area contributed by atoms with Gasteiger partial charge in [0.25, 0.3) is 5.91 Å². The quantitative estimate of drug-likeness (QED) is 0.587. The number of carbonyl (C=O) groups excluding carboxylic acids is 3. The lowest BCUT2D eigenvalue weighted by molar-refractivity contribution is -0.133. The van der Waals surface area contributed by atoms with Crippen LogP contribution in [0.2, 0.25) is 0 Å². The van der Waals surface area contributed by atoms with Gasteiger partial charge in [-0.15, -0.1) is 0 Å². The molecule has 3 amide bonds. The number of rotatable bonds is 8. The summed E-state index contributed by atoms with van der Waals surface area (Å²) in [5, 5.41) is 7.53. The van der Waals surface area contributed by atoms with Crippen molar-refractivity contribution >= 4 is 34.2 Å². The van der Waals surface area contributed by atoms with Crippen LogP contribution in [0.15, 0.2) is 66.7 Å². The van der Waals surface area contributed by atoms with Crippen molar-refractivity contribution < 1.29 is 19.1 Å². The van der Waals surface area contributed by atoms with E-state index in [1.165, 1.54) is 4.90 Å². The first kappa shape index (κ1) is 21.8. The van der Waals surface area contributed by atoms with Crippen LogP contribution >= 0.6 is 0 Å². The lowest BCUT2D eigenvalue weighted by Gasteiger charge is -2.17. The molecule has 3 rings (SSSR count). The minimum absolute atomic E-state index is 0.0799. The minimum atomic E-state index is -0.304. The predicted octanol–water partition coefficient (Wildman–Crippen LogP) is 3.07. The number of carbonyl (C=O) groups is 3. The van der Waals surface area contributed by atoms with Crippen molar-refractivity contribution in [2.45, 2.75) is 6.42 Å². The number of methoxy groups -OCH3 is 1. The van der Waals surface area contributed by atoms with Crippen molar-refractivity contribution in [1.82, 2.24) is 10.2 Å². The first-order valence-electron chi connectivity index (χ1n) is 9.91. The summed E-state index contributed by atoms with van der Waals surface area (Å²) in [6.07, 6.45) is 0.103. The zero-order chi connectivity index (χ0) is 22.2. The summed E-state index contributed by atoms with van der Waals surface area (Å²) in [4.78, 5) is 38.1. The van der Waals surface area contributed by atoms with Crippen molar-refractivity contribution in [3.8, 4) is 5.75 Å². The molecule has 0 bridgehead atoms. The molecule has 3 aromatic carbocycles. The zero-order valence-corrected chi connectivity index (χ0v) is 17.6. The second-order valence-electron chi connectivity index (χ2n) is 7.09. The number of nitrogens with one attached hydrogen (secondary N) is 2. The van der Waals surface area contributed by atoms with Gasteiger partial charge in [0.1, 0.15) is 5.75 Å². The molecular formula is C24H25N3O4. The number of hydrogen-bond donors (Lipinski definition) is 2. The van der Waals surface area contributed by atoms with E-state index < -0.39 is 0 Å². The largest absolute Gasteiger partial charge is 0.497 e. The van der Waals surface area contributed by atoms with Crippen molar-refractivity contribution in [3.63, 3.8) is 0 Å². The number of fused-ring (bicyclic) bond motifs is 1. The number of ether oxygens (including phenoxy) is 1. The molecule has 160 valence electrons. The number of amides is 3. The van der Waals surface area contributed by atoms with Gasteiger partial charge in [0.05, 0.1) is 13.7 Å². The van der Waals surface area contributed by atoms with E-state index in [1.807, 2.05) is 36.4 Å². The summed E-state index contributed by atoms with van der Waals surface area (Å²) >= 11 is 0. The number of nitrogens with zero attached hydrogens (tertiary/aromatic N) is 1. The zero-order valence-electron chi connectivity index (χ0n) is 17.6. The van der Waals surface area contributed by atoms with Gasteiger partial charge < -0.3 is 20.3 Å². The molecule has 31 heavy (non-hydrogen) atoms. The van der Waals surface area contributed by atoms with E-state index in [0.29, 0.717) is 17.0 Å². The van der Waals surface area contributed by atoms with E-state index in [9.17, 15) is 14.4 Å². The maximum atomic E-state index is 12.4. The normalized spacial score (nSPS) is 10.4. The highest BCUT2D eigenvalue weighted by molar-refractivity contribution is 5.99. The topological polar surface area (TPSA) is 87.7 Å². The Kier molecular flexibility index (Phi) is 7.22. The van der Waals surface area contributed by atoms with Crippen LogP contribution in [0.25, 0.3) is 10.8 Å². The van der Waals surface area contributed by atoms with Crippen LogP contribution < -0.4 is 15.4 Å². The van der Waals surface area contributed by atoms with E-state index >= 15 is 0 Å². The fourth-order valence-electron chi connectivity index (χ4n) is 3.08. The van der Waals surface area contributed by atoms with Crippen molar-refractivity contribution in [3.05, 3.63) is 72.3 Å². The standard InChI is InChI=1S/C24H25N3O4/c1-27(16-22(28)26-20-9-11-21(31-2)12-10-20)23(29)13-14-25-24(30)19-8-7-17-5-3-4-6-18(17)15-19/h3-12,15H,13-14,16H2,1-2H3,(H,25,30)(H,26,28). The lowest BCUT2D eigenvalue weighted by atomic mass is 10.1. The highest BCUT2D eigenvalue weighted by Gasteiger charge is 2.14. The van der Waals surface area contributed by atoms with Crippen LogP contribution in [0.5, 0.6) is 5.75 Å². The summed E-state index contributed by atoms with van der Waals surface area (Å²) in [7, 11) is 3.12. The molecule has 0 atom stereocenters. The van der Waals surface area contributed by atoms with Gasteiger partial charge in [-0.1, -0.05) is 30.3 Å². The van der Waals surface area contributed by atoms with Crippen LogP contribution in [-0.2, 0) is 9.59 Å². The first-order chi connectivity index (χ1) is 15.0. The molecule has 3 aromatic rings. The minimum Gasteiger partial charge on any atom is -0.497 e. The molecule has 7 nitrogen and oxygen atoms in total. The van der Waals surface area contributed by atoms with E-state index in [1.54, 1.807) is 44.5 Å². The van der Waals surface area contributed by atoms with E-state index in [4.69, 9.17) is 4.74 Å². The summed E-state index contributed by atoms with van der Waals surface area (Å²) in [6, 6.07) is 20.2. The molecule has 0 fully saturated rings. The van der Waals surface area contributed by atoms with Crippen molar-refractivity contribution in [2.75, 3.05) is 32.6 Å². The van der Waals surface area contributed by atoms with Crippen LogP contribution in [0.1, 0.15) is 16.8 Å². The number of hydrogen-bond acceptors (Lipinski definition) is 4. The molecule has 0 aliphatic carbocycles. The Morgan fingerprint density at radius 3 is 2.35 bits per heavy atom. The molecule has 0 aliphatic heterocycles. The van der Waals surface area contributed by atoms with Gasteiger partial charge in [-0.25, -0.2) is 0 Å². The third-order valence-corrected chi connectivity index (χ3v) is 4.82. The van der Waals surface area contributed by atoms with Gasteiger partial charge in [-0.2, -0.15) is 0 Å². The number of benzene rings is 3. The fourth-order valence-corrected chi connectivity index (χ4v) is 3.08. The Labute approximate surface area is 181 Å². The second-order valence-corrected chi connectivity index (χ2v) is 7.09. The Morgan fingerprint density at radius 1 is 0.935 bits per heavy atom. The maximum absolute atomic E-state index is 12.4. The maximum Gasteiger partial charge on any atom is 0.251 e. The van der Waals surface area contributed by atoms with Gasteiger partial charge in [0, 0.05) is 31.3 Å². The summed E-state index contributed by atoms with van der Waals surface area (Å²) in [5.74, 6) is -0.0839. The molecule has 2 N–H and O–H groups in total. The van der Waals surface area contributed by atoms with E-state index in [-0.39, 0.29) is 37.2 Å². The molecule has 7 heteroatoms. The smallest absolute Gasteiger partial charge is 0.251 e. The molecule has 0 radical (unpaired) electrons. The fraction of sp³-hybridized carbons (Fsp3) is 0.208. The third-order valence-electron chi connectivity index (χ3n) is 4.82. The molecule has 0 aliphatic rings. The molecule has 0 spiro atoms.